The first-order chi connectivity index (χ1) is 14.1. The van der Waals surface area contributed by atoms with E-state index in [9.17, 15) is 0 Å². The Morgan fingerprint density at radius 3 is 2.41 bits per heavy atom. The number of halogens is 1. The number of rotatable bonds is 4. The average Bonchev–Trinajstić information content (AvgIpc) is 3.58. The molecule has 0 N–H and O–H groups in total. The Morgan fingerprint density at radius 2 is 1.69 bits per heavy atom. The molecule has 1 aliphatic heterocycles. The van der Waals surface area contributed by atoms with E-state index in [0.717, 1.165) is 52.9 Å². The number of piperidine rings is 1. The molecule has 0 unspecified atom stereocenters. The number of hydrogen-bond donors (Lipinski definition) is 0. The van der Waals surface area contributed by atoms with Crippen LogP contribution in [0.2, 0.25) is 0 Å². The second-order valence-electron chi connectivity index (χ2n) is 8.56. The van der Waals surface area contributed by atoms with Gasteiger partial charge in [-0.3, -0.25) is 0 Å². The average molecular weight is 451 g/mol. The fourth-order valence-corrected chi connectivity index (χ4v) is 4.87. The minimum absolute atomic E-state index is 0.561. The van der Waals surface area contributed by atoms with Gasteiger partial charge in [0.2, 0.25) is 0 Å². The monoisotopic (exact) mass is 450 g/mol. The quantitative estimate of drug-likeness (QED) is 0.508. The highest BCUT2D eigenvalue weighted by Gasteiger charge is 2.30. The van der Waals surface area contributed by atoms with E-state index in [2.05, 4.69) is 82.3 Å². The van der Waals surface area contributed by atoms with E-state index < -0.39 is 0 Å². The summed E-state index contributed by atoms with van der Waals surface area (Å²) in [4.78, 5) is 14.6. The summed E-state index contributed by atoms with van der Waals surface area (Å²) in [7, 11) is 4.27. The van der Waals surface area contributed by atoms with Gasteiger partial charge in [0.05, 0.1) is 5.52 Å². The molecule has 4 nitrogen and oxygen atoms in total. The van der Waals surface area contributed by atoms with Crippen LogP contribution in [0.4, 0.5) is 11.5 Å². The molecule has 0 atom stereocenters. The zero-order valence-electron chi connectivity index (χ0n) is 17.1. The van der Waals surface area contributed by atoms with Gasteiger partial charge in [0.25, 0.3) is 0 Å². The molecule has 150 valence electrons. The molecule has 0 spiro atoms. The van der Waals surface area contributed by atoms with Gasteiger partial charge < -0.3 is 9.80 Å². The van der Waals surface area contributed by atoms with Gasteiger partial charge in [-0.1, -0.05) is 34.1 Å². The molecule has 3 aromatic rings. The lowest BCUT2D eigenvalue weighted by Crippen LogP contribution is -2.34. The van der Waals surface area contributed by atoms with Crippen LogP contribution >= 0.6 is 15.9 Å². The second kappa shape index (κ2) is 7.60. The van der Waals surface area contributed by atoms with Crippen molar-refractivity contribution in [2.24, 2.45) is 0 Å². The number of aromatic nitrogens is 2. The molecule has 1 saturated carbocycles. The Hall–Kier alpha value is -2.14. The van der Waals surface area contributed by atoms with E-state index in [1.165, 1.54) is 24.1 Å². The fraction of sp³-hybridized carbons (Fsp3) is 0.417. The van der Waals surface area contributed by atoms with Crippen molar-refractivity contribution in [3.8, 4) is 0 Å². The van der Waals surface area contributed by atoms with E-state index in [1.807, 2.05) is 0 Å². The highest BCUT2D eigenvalue weighted by molar-refractivity contribution is 9.10. The predicted molar refractivity (Wildman–Crippen MR) is 124 cm³/mol. The van der Waals surface area contributed by atoms with Gasteiger partial charge in [-0.05, 0) is 61.4 Å². The molecule has 1 saturated heterocycles. The molecule has 29 heavy (non-hydrogen) atoms. The third kappa shape index (κ3) is 3.73. The number of nitrogens with zero attached hydrogens (tertiary/aromatic N) is 4. The number of benzene rings is 2. The van der Waals surface area contributed by atoms with Crippen molar-refractivity contribution in [1.82, 2.24) is 9.97 Å². The van der Waals surface area contributed by atoms with Crippen LogP contribution in [-0.4, -0.2) is 37.2 Å². The van der Waals surface area contributed by atoms with Gasteiger partial charge in [0.1, 0.15) is 11.6 Å². The topological polar surface area (TPSA) is 32.3 Å². The Kier molecular flexibility index (Phi) is 4.94. The molecular formula is C24H27BrN4. The fourth-order valence-electron chi connectivity index (χ4n) is 4.51. The summed E-state index contributed by atoms with van der Waals surface area (Å²) in [5, 5.41) is 1.16. The molecule has 2 heterocycles. The summed E-state index contributed by atoms with van der Waals surface area (Å²) in [5.74, 6) is 3.33. The Balaban J connectivity index is 1.44. The summed E-state index contributed by atoms with van der Waals surface area (Å²) >= 11 is 3.63. The van der Waals surface area contributed by atoms with Gasteiger partial charge in [0, 0.05) is 48.6 Å². The largest absolute Gasteiger partial charge is 0.377 e. The molecule has 2 aromatic carbocycles. The molecular weight excluding hydrogens is 424 g/mol. The molecule has 0 amide bonds. The molecule has 2 fully saturated rings. The van der Waals surface area contributed by atoms with Crippen LogP contribution < -0.4 is 9.80 Å². The van der Waals surface area contributed by atoms with Crippen LogP contribution in [-0.2, 0) is 0 Å². The second-order valence-corrected chi connectivity index (χ2v) is 9.47. The van der Waals surface area contributed by atoms with E-state index in [0.29, 0.717) is 11.8 Å². The zero-order chi connectivity index (χ0) is 20.0. The van der Waals surface area contributed by atoms with Crippen LogP contribution in [0, 0.1) is 0 Å². The lowest BCUT2D eigenvalue weighted by molar-refractivity contribution is 0.503. The van der Waals surface area contributed by atoms with Crippen molar-refractivity contribution >= 4 is 38.3 Å². The van der Waals surface area contributed by atoms with Gasteiger partial charge in [-0.25, -0.2) is 9.97 Å². The maximum atomic E-state index is 5.06. The highest BCUT2D eigenvalue weighted by Crippen LogP contribution is 2.41. The first kappa shape index (κ1) is 18.9. The zero-order valence-corrected chi connectivity index (χ0v) is 18.7. The number of para-hydroxylation sites is 1. The van der Waals surface area contributed by atoms with Gasteiger partial charge >= 0.3 is 0 Å². The SMILES string of the molecule is CN(C)c1ccccc1C1CCN(c2nc(C3CC3)nc3ccc(Br)cc23)CC1. The molecule has 2 aliphatic rings. The number of anilines is 2. The highest BCUT2D eigenvalue weighted by atomic mass is 79.9. The first-order valence-electron chi connectivity index (χ1n) is 10.6. The minimum atomic E-state index is 0.561. The van der Waals surface area contributed by atoms with Gasteiger partial charge in [0.15, 0.2) is 0 Å². The van der Waals surface area contributed by atoms with Crippen LogP contribution in [0.3, 0.4) is 0 Å². The lowest BCUT2D eigenvalue weighted by atomic mass is 9.88. The van der Waals surface area contributed by atoms with Crippen molar-refractivity contribution in [1.29, 1.82) is 0 Å². The summed E-state index contributed by atoms with van der Waals surface area (Å²) in [6.07, 6.45) is 4.77. The molecule has 0 radical (unpaired) electrons. The summed E-state index contributed by atoms with van der Waals surface area (Å²) < 4.78 is 1.09. The molecule has 1 aliphatic carbocycles. The lowest BCUT2D eigenvalue weighted by Gasteiger charge is -2.35. The van der Waals surface area contributed by atoms with Crippen molar-refractivity contribution in [2.45, 2.75) is 37.5 Å². The number of fused-ring (bicyclic) bond motifs is 1. The molecule has 1 aromatic heterocycles. The molecule has 5 heteroatoms. The Bertz CT molecular complexity index is 1040. The van der Waals surface area contributed by atoms with Crippen LogP contribution in [0.25, 0.3) is 10.9 Å². The Labute approximate surface area is 181 Å². The van der Waals surface area contributed by atoms with Crippen LogP contribution in [0.5, 0.6) is 0 Å². The van der Waals surface area contributed by atoms with E-state index in [-0.39, 0.29) is 0 Å². The summed E-state index contributed by atoms with van der Waals surface area (Å²) in [6.45, 7) is 2.07. The van der Waals surface area contributed by atoms with E-state index in [1.54, 1.807) is 0 Å². The van der Waals surface area contributed by atoms with Crippen molar-refractivity contribution in [3.63, 3.8) is 0 Å². The maximum absolute atomic E-state index is 5.06. The number of hydrogen-bond acceptors (Lipinski definition) is 4. The molecule has 5 rings (SSSR count). The normalized spacial score (nSPS) is 17.7. The standard InChI is InChI=1S/C24H27BrN4/c1-28(2)22-6-4-3-5-19(22)16-11-13-29(14-12-16)24-20-15-18(25)9-10-21(20)26-23(27-24)17-7-8-17/h3-6,9-10,15-17H,7-8,11-14H2,1-2H3. The summed E-state index contributed by atoms with van der Waals surface area (Å²) in [5.41, 5.74) is 3.89. The van der Waals surface area contributed by atoms with Crippen LogP contribution in [0.1, 0.15) is 48.9 Å². The van der Waals surface area contributed by atoms with Gasteiger partial charge in [-0.2, -0.15) is 0 Å². The van der Waals surface area contributed by atoms with E-state index >= 15 is 0 Å². The molecule has 0 bridgehead atoms. The van der Waals surface area contributed by atoms with Crippen molar-refractivity contribution in [3.05, 3.63) is 58.3 Å². The minimum Gasteiger partial charge on any atom is -0.377 e. The predicted octanol–water partition coefficient (Wildman–Crippen LogP) is 5.72. The van der Waals surface area contributed by atoms with E-state index in [4.69, 9.17) is 9.97 Å². The van der Waals surface area contributed by atoms with Crippen molar-refractivity contribution < 1.29 is 0 Å². The third-order valence-corrected chi connectivity index (χ3v) is 6.74. The maximum Gasteiger partial charge on any atom is 0.140 e. The smallest absolute Gasteiger partial charge is 0.140 e. The Morgan fingerprint density at radius 1 is 0.931 bits per heavy atom. The van der Waals surface area contributed by atoms with Crippen LogP contribution in [0.15, 0.2) is 46.9 Å². The first-order valence-corrected chi connectivity index (χ1v) is 11.4. The van der Waals surface area contributed by atoms with Gasteiger partial charge in [-0.15, -0.1) is 0 Å². The summed E-state index contributed by atoms with van der Waals surface area (Å²) in [6, 6.07) is 15.2. The van der Waals surface area contributed by atoms with Crippen molar-refractivity contribution in [2.75, 3.05) is 37.0 Å². The third-order valence-electron chi connectivity index (χ3n) is 6.25.